The lowest BCUT2D eigenvalue weighted by Gasteiger charge is -2.34. The fourth-order valence-electron chi connectivity index (χ4n) is 3.02. The molecule has 24 heavy (non-hydrogen) atoms. The van der Waals surface area contributed by atoms with Crippen LogP contribution < -0.4 is 5.32 Å². The summed E-state index contributed by atoms with van der Waals surface area (Å²) in [4.78, 5) is 38.3. The van der Waals surface area contributed by atoms with Crippen LogP contribution in [-0.4, -0.2) is 40.6 Å². The molecule has 1 aromatic heterocycles. The van der Waals surface area contributed by atoms with E-state index in [1.165, 1.54) is 11.3 Å². The van der Waals surface area contributed by atoms with Crippen molar-refractivity contribution in [3.8, 4) is 0 Å². The molecule has 0 radical (unpaired) electrons. The number of nitrogens with one attached hydrogen (secondary N) is 1. The molecule has 2 fully saturated rings. The maximum Gasteiger partial charge on any atom is 0.325 e. The normalized spacial score (nSPS) is 22.1. The Morgan fingerprint density at radius 3 is 2.50 bits per heavy atom. The van der Waals surface area contributed by atoms with Gasteiger partial charge >= 0.3 is 6.03 Å². The van der Waals surface area contributed by atoms with E-state index in [-0.39, 0.29) is 25.2 Å². The van der Waals surface area contributed by atoms with Crippen LogP contribution in [0.25, 0.3) is 0 Å². The largest absolute Gasteiger partial charge is 0.325 e. The Hall–Kier alpha value is -1.35. The highest BCUT2D eigenvalue weighted by molar-refractivity contribution is 9.11. The number of thiophene rings is 1. The standard InChI is InChI=1S/C15H15BrF2N2O3S/c1-8-6-10(24-11(8)16)9(21)7-20-12(22)14(19-13(20)23)2-4-15(17,18)5-3-14/h6H,2-5,7H2,1H3,(H,19,23). The molecule has 3 amide bonds. The van der Waals surface area contributed by atoms with E-state index in [1.54, 1.807) is 6.07 Å². The Morgan fingerprint density at radius 2 is 1.96 bits per heavy atom. The molecule has 0 atom stereocenters. The highest BCUT2D eigenvalue weighted by Gasteiger charge is 2.55. The van der Waals surface area contributed by atoms with Crippen LogP contribution in [0.1, 0.15) is 40.9 Å². The van der Waals surface area contributed by atoms with Crippen LogP contribution >= 0.6 is 27.3 Å². The number of carbonyl (C=O) groups is 3. The molecule has 1 saturated heterocycles. The highest BCUT2D eigenvalue weighted by atomic mass is 79.9. The van der Waals surface area contributed by atoms with Crippen molar-refractivity contribution in [2.24, 2.45) is 0 Å². The zero-order chi connectivity index (χ0) is 17.7. The molecule has 0 bridgehead atoms. The van der Waals surface area contributed by atoms with Gasteiger partial charge in [-0.1, -0.05) is 0 Å². The van der Waals surface area contributed by atoms with E-state index in [0.29, 0.717) is 4.88 Å². The summed E-state index contributed by atoms with van der Waals surface area (Å²) < 4.78 is 27.5. The Labute approximate surface area is 149 Å². The number of carbonyl (C=O) groups excluding carboxylic acids is 3. The lowest BCUT2D eigenvalue weighted by molar-refractivity contribution is -0.135. The summed E-state index contributed by atoms with van der Waals surface area (Å²) in [6, 6.07) is 0.998. The van der Waals surface area contributed by atoms with E-state index >= 15 is 0 Å². The first kappa shape index (κ1) is 17.5. The maximum absolute atomic E-state index is 13.3. The monoisotopic (exact) mass is 420 g/mol. The number of imide groups is 1. The van der Waals surface area contributed by atoms with Crippen molar-refractivity contribution in [2.75, 3.05) is 6.54 Å². The number of hydrogen-bond acceptors (Lipinski definition) is 4. The van der Waals surface area contributed by atoms with E-state index in [1.807, 2.05) is 6.92 Å². The van der Waals surface area contributed by atoms with Gasteiger partial charge < -0.3 is 5.32 Å². The quantitative estimate of drug-likeness (QED) is 0.600. The number of ketones is 1. The summed E-state index contributed by atoms with van der Waals surface area (Å²) in [5.74, 6) is -3.74. The van der Waals surface area contributed by atoms with Crippen molar-refractivity contribution >= 4 is 45.0 Å². The maximum atomic E-state index is 13.3. The van der Waals surface area contributed by atoms with E-state index in [9.17, 15) is 23.2 Å². The average molecular weight is 421 g/mol. The summed E-state index contributed by atoms with van der Waals surface area (Å²) in [6.45, 7) is 1.46. The number of hydrogen-bond donors (Lipinski definition) is 1. The van der Waals surface area contributed by atoms with Crippen molar-refractivity contribution < 1.29 is 23.2 Å². The summed E-state index contributed by atoms with van der Waals surface area (Å²) in [6.07, 6.45) is -1.12. The Balaban J connectivity index is 1.74. The first-order chi connectivity index (χ1) is 11.1. The van der Waals surface area contributed by atoms with Gasteiger partial charge in [-0.15, -0.1) is 11.3 Å². The molecule has 1 spiro atoms. The van der Waals surface area contributed by atoms with Crippen LogP contribution in [0.2, 0.25) is 0 Å². The Bertz CT molecular complexity index is 705. The van der Waals surface area contributed by atoms with Crippen molar-refractivity contribution in [2.45, 2.75) is 44.1 Å². The molecule has 1 aromatic rings. The summed E-state index contributed by atoms with van der Waals surface area (Å²) in [5, 5.41) is 2.53. The van der Waals surface area contributed by atoms with E-state index in [0.717, 1.165) is 14.2 Å². The molecule has 3 rings (SSSR count). The number of aryl methyl sites for hydroxylation is 1. The van der Waals surface area contributed by atoms with Crippen molar-refractivity contribution in [1.82, 2.24) is 10.2 Å². The van der Waals surface area contributed by atoms with Gasteiger partial charge in [0.25, 0.3) is 5.91 Å². The third-order valence-electron chi connectivity index (χ3n) is 4.51. The fourth-order valence-corrected chi connectivity index (χ4v) is 4.48. The molecule has 2 heterocycles. The number of halogens is 3. The van der Waals surface area contributed by atoms with E-state index in [4.69, 9.17) is 0 Å². The van der Waals surface area contributed by atoms with Gasteiger partial charge in [-0.25, -0.2) is 13.6 Å². The molecule has 1 N–H and O–H groups in total. The smallest absolute Gasteiger partial charge is 0.323 e. The van der Waals surface area contributed by atoms with Crippen molar-refractivity contribution in [3.05, 3.63) is 20.3 Å². The number of amides is 3. The summed E-state index contributed by atoms with van der Waals surface area (Å²) >= 11 is 4.56. The lowest BCUT2D eigenvalue weighted by Crippen LogP contribution is -2.51. The Kier molecular flexibility index (Phi) is 4.28. The van der Waals surface area contributed by atoms with E-state index in [2.05, 4.69) is 21.2 Å². The SMILES string of the molecule is Cc1cc(C(=O)CN2C(=O)NC3(CCC(F)(F)CC3)C2=O)sc1Br. The minimum Gasteiger partial charge on any atom is -0.323 e. The zero-order valence-corrected chi connectivity index (χ0v) is 15.2. The molecule has 1 saturated carbocycles. The number of Topliss-reactive ketones (excluding diaryl/α,β-unsaturated/α-hetero) is 1. The van der Waals surface area contributed by atoms with Crippen LogP contribution in [0.3, 0.4) is 0 Å². The van der Waals surface area contributed by atoms with Crippen LogP contribution in [0.4, 0.5) is 13.6 Å². The number of rotatable bonds is 3. The number of nitrogens with zero attached hydrogens (tertiary/aromatic N) is 1. The van der Waals surface area contributed by atoms with Gasteiger partial charge in [-0.05, 0) is 47.3 Å². The van der Waals surface area contributed by atoms with Crippen molar-refractivity contribution in [3.63, 3.8) is 0 Å². The topological polar surface area (TPSA) is 66.5 Å². The molecule has 130 valence electrons. The van der Waals surface area contributed by atoms with Crippen LogP contribution in [-0.2, 0) is 4.79 Å². The molecule has 9 heteroatoms. The van der Waals surface area contributed by atoms with Gasteiger partial charge in [-0.2, -0.15) is 0 Å². The van der Waals surface area contributed by atoms with E-state index < -0.39 is 36.2 Å². The third kappa shape index (κ3) is 2.99. The van der Waals surface area contributed by atoms with Gasteiger partial charge in [-0.3, -0.25) is 14.5 Å². The van der Waals surface area contributed by atoms with Crippen LogP contribution in [0.15, 0.2) is 9.85 Å². The first-order valence-corrected chi connectivity index (χ1v) is 9.06. The van der Waals surface area contributed by atoms with Gasteiger partial charge in [0.2, 0.25) is 5.92 Å². The fraction of sp³-hybridized carbons (Fsp3) is 0.533. The van der Waals surface area contributed by atoms with Crippen LogP contribution in [0.5, 0.6) is 0 Å². The second-order valence-corrected chi connectivity index (χ2v) is 8.62. The van der Waals surface area contributed by atoms with Gasteiger partial charge in [0.15, 0.2) is 5.78 Å². The highest BCUT2D eigenvalue weighted by Crippen LogP contribution is 2.41. The average Bonchev–Trinajstić information content (AvgIpc) is 2.96. The molecule has 5 nitrogen and oxygen atoms in total. The lowest BCUT2D eigenvalue weighted by atomic mass is 9.80. The van der Waals surface area contributed by atoms with Crippen molar-refractivity contribution in [1.29, 1.82) is 0 Å². The molecule has 0 unspecified atom stereocenters. The number of alkyl halides is 2. The second kappa shape index (κ2) is 5.87. The van der Waals surface area contributed by atoms with Gasteiger partial charge in [0.05, 0.1) is 15.2 Å². The van der Waals surface area contributed by atoms with Gasteiger partial charge in [0.1, 0.15) is 5.54 Å². The summed E-state index contributed by atoms with van der Waals surface area (Å²) in [7, 11) is 0. The molecular weight excluding hydrogens is 406 g/mol. The molecular formula is C15H15BrF2N2O3S. The number of urea groups is 1. The van der Waals surface area contributed by atoms with Crippen LogP contribution in [0, 0.1) is 6.92 Å². The van der Waals surface area contributed by atoms with Gasteiger partial charge in [0, 0.05) is 12.8 Å². The molecule has 1 aliphatic heterocycles. The minimum absolute atomic E-state index is 0.112. The predicted octanol–water partition coefficient (Wildman–Crippen LogP) is 3.50. The zero-order valence-electron chi connectivity index (χ0n) is 12.8. The second-order valence-electron chi connectivity index (χ2n) is 6.25. The first-order valence-electron chi connectivity index (χ1n) is 7.45. The summed E-state index contributed by atoms with van der Waals surface area (Å²) in [5.41, 5.74) is -0.392. The third-order valence-corrected chi connectivity index (χ3v) is 6.69. The Morgan fingerprint density at radius 1 is 1.33 bits per heavy atom. The molecule has 1 aliphatic carbocycles. The molecule has 0 aromatic carbocycles. The predicted molar refractivity (Wildman–Crippen MR) is 87.5 cm³/mol. The minimum atomic E-state index is -2.81. The molecule has 2 aliphatic rings.